The van der Waals surface area contributed by atoms with Gasteiger partial charge in [-0.15, -0.1) is 0 Å². The van der Waals surface area contributed by atoms with Crippen LogP contribution in [-0.4, -0.2) is 48.8 Å². The van der Waals surface area contributed by atoms with Crippen LogP contribution in [0.2, 0.25) is 0 Å². The average Bonchev–Trinajstić information content (AvgIpc) is 2.74. The highest BCUT2D eigenvalue weighted by Crippen LogP contribution is 2.21. The lowest BCUT2D eigenvalue weighted by Gasteiger charge is -2.21. The zero-order valence-corrected chi connectivity index (χ0v) is 10.5. The molecule has 3 unspecified atom stereocenters. The molecule has 0 spiro atoms. The SMILES string of the molecule is COCCC(C)C(=O)N1CCC(C(C)O)C1. The summed E-state index contributed by atoms with van der Waals surface area (Å²) < 4.78 is 4.97. The first kappa shape index (κ1) is 13.5. The van der Waals surface area contributed by atoms with Gasteiger partial charge in [0, 0.05) is 38.6 Å². The third kappa shape index (κ3) is 3.46. The Morgan fingerprint density at radius 2 is 2.25 bits per heavy atom. The largest absolute Gasteiger partial charge is 0.393 e. The molecule has 1 N–H and O–H groups in total. The second-order valence-electron chi connectivity index (χ2n) is 4.76. The number of nitrogens with zero attached hydrogens (tertiary/aromatic N) is 1. The van der Waals surface area contributed by atoms with Gasteiger partial charge in [-0.05, 0) is 19.8 Å². The smallest absolute Gasteiger partial charge is 0.225 e. The molecule has 1 rings (SSSR count). The first-order chi connectivity index (χ1) is 7.56. The number of hydrogen-bond acceptors (Lipinski definition) is 3. The minimum Gasteiger partial charge on any atom is -0.393 e. The Morgan fingerprint density at radius 1 is 1.56 bits per heavy atom. The van der Waals surface area contributed by atoms with E-state index in [1.54, 1.807) is 14.0 Å². The van der Waals surface area contributed by atoms with E-state index in [0.29, 0.717) is 13.2 Å². The second-order valence-corrected chi connectivity index (χ2v) is 4.76. The van der Waals surface area contributed by atoms with Gasteiger partial charge in [-0.25, -0.2) is 0 Å². The molecule has 1 heterocycles. The summed E-state index contributed by atoms with van der Waals surface area (Å²) in [7, 11) is 1.65. The molecule has 94 valence electrons. The lowest BCUT2D eigenvalue weighted by molar-refractivity contribution is -0.134. The minimum atomic E-state index is -0.313. The van der Waals surface area contributed by atoms with Crippen LogP contribution < -0.4 is 0 Å². The molecule has 0 bridgehead atoms. The zero-order valence-electron chi connectivity index (χ0n) is 10.5. The average molecular weight is 229 g/mol. The number of hydrogen-bond donors (Lipinski definition) is 1. The summed E-state index contributed by atoms with van der Waals surface area (Å²) in [6, 6.07) is 0. The normalized spacial score (nSPS) is 24.5. The molecule has 4 nitrogen and oxygen atoms in total. The van der Waals surface area contributed by atoms with Crippen LogP contribution >= 0.6 is 0 Å². The maximum absolute atomic E-state index is 12.0. The highest BCUT2D eigenvalue weighted by molar-refractivity contribution is 5.78. The van der Waals surface area contributed by atoms with E-state index in [0.717, 1.165) is 19.4 Å². The maximum Gasteiger partial charge on any atom is 0.225 e. The van der Waals surface area contributed by atoms with Gasteiger partial charge in [0.05, 0.1) is 6.10 Å². The Morgan fingerprint density at radius 3 is 2.75 bits per heavy atom. The minimum absolute atomic E-state index is 0.0210. The quantitative estimate of drug-likeness (QED) is 0.761. The highest BCUT2D eigenvalue weighted by Gasteiger charge is 2.30. The van der Waals surface area contributed by atoms with Gasteiger partial charge in [0.25, 0.3) is 0 Å². The molecule has 0 aromatic rings. The number of aliphatic hydroxyl groups is 1. The van der Waals surface area contributed by atoms with Crippen molar-refractivity contribution in [2.45, 2.75) is 32.8 Å². The Labute approximate surface area is 97.6 Å². The van der Waals surface area contributed by atoms with Crippen molar-refractivity contribution < 1.29 is 14.6 Å². The number of amides is 1. The van der Waals surface area contributed by atoms with E-state index in [2.05, 4.69) is 0 Å². The van der Waals surface area contributed by atoms with Crippen molar-refractivity contribution in [3.8, 4) is 0 Å². The standard InChI is InChI=1S/C12H23NO3/c1-9(5-7-16-3)12(15)13-6-4-11(8-13)10(2)14/h9-11,14H,4-8H2,1-3H3. The van der Waals surface area contributed by atoms with E-state index in [4.69, 9.17) is 4.74 Å². The number of carbonyl (C=O) groups is 1. The molecule has 16 heavy (non-hydrogen) atoms. The molecule has 0 radical (unpaired) electrons. The molecule has 4 heteroatoms. The number of carbonyl (C=O) groups excluding carboxylic acids is 1. The molecule has 1 amide bonds. The number of rotatable bonds is 5. The third-order valence-electron chi connectivity index (χ3n) is 3.40. The van der Waals surface area contributed by atoms with E-state index < -0.39 is 0 Å². The number of aliphatic hydroxyl groups excluding tert-OH is 1. The van der Waals surface area contributed by atoms with Crippen molar-refractivity contribution in [3.05, 3.63) is 0 Å². The molecule has 0 aromatic carbocycles. The van der Waals surface area contributed by atoms with Gasteiger partial charge in [0.15, 0.2) is 0 Å². The van der Waals surface area contributed by atoms with Gasteiger partial charge in [-0.2, -0.15) is 0 Å². The van der Waals surface area contributed by atoms with Crippen LogP contribution in [0.1, 0.15) is 26.7 Å². The van der Waals surface area contributed by atoms with E-state index in [9.17, 15) is 9.90 Å². The predicted molar refractivity (Wildman–Crippen MR) is 62.0 cm³/mol. The van der Waals surface area contributed by atoms with E-state index in [1.807, 2.05) is 11.8 Å². The number of ether oxygens (including phenoxy) is 1. The van der Waals surface area contributed by atoms with Crippen LogP contribution in [0.3, 0.4) is 0 Å². The molecular weight excluding hydrogens is 206 g/mol. The Kier molecular flexibility index (Phi) is 5.22. The van der Waals surface area contributed by atoms with Crippen molar-refractivity contribution in [1.82, 2.24) is 4.90 Å². The van der Waals surface area contributed by atoms with Crippen LogP contribution in [0.5, 0.6) is 0 Å². The van der Waals surface area contributed by atoms with Gasteiger partial charge < -0.3 is 14.7 Å². The molecule has 1 aliphatic rings. The van der Waals surface area contributed by atoms with Crippen molar-refractivity contribution in [2.24, 2.45) is 11.8 Å². The molecule has 3 atom stereocenters. The summed E-state index contributed by atoms with van der Waals surface area (Å²) in [4.78, 5) is 13.9. The number of methoxy groups -OCH3 is 1. The summed E-state index contributed by atoms with van der Waals surface area (Å²) >= 11 is 0. The summed E-state index contributed by atoms with van der Waals surface area (Å²) in [6.45, 7) is 5.85. The van der Waals surface area contributed by atoms with Crippen LogP contribution in [0.4, 0.5) is 0 Å². The second kappa shape index (κ2) is 6.21. The Balaban J connectivity index is 2.38. The fraction of sp³-hybridized carbons (Fsp3) is 0.917. The maximum atomic E-state index is 12.0. The predicted octanol–water partition coefficient (Wildman–Crippen LogP) is 0.888. The van der Waals surface area contributed by atoms with Gasteiger partial charge in [0.2, 0.25) is 5.91 Å². The first-order valence-electron chi connectivity index (χ1n) is 6.02. The Bertz CT molecular complexity index is 230. The van der Waals surface area contributed by atoms with E-state index in [1.165, 1.54) is 0 Å². The van der Waals surface area contributed by atoms with E-state index in [-0.39, 0.29) is 23.8 Å². The molecule has 0 saturated carbocycles. The molecule has 1 fully saturated rings. The first-order valence-corrected chi connectivity index (χ1v) is 6.02. The van der Waals surface area contributed by atoms with Crippen molar-refractivity contribution in [1.29, 1.82) is 0 Å². The van der Waals surface area contributed by atoms with Crippen LogP contribution in [-0.2, 0) is 9.53 Å². The molecular formula is C12H23NO3. The van der Waals surface area contributed by atoms with Gasteiger partial charge >= 0.3 is 0 Å². The van der Waals surface area contributed by atoms with Gasteiger partial charge in [0.1, 0.15) is 0 Å². The van der Waals surface area contributed by atoms with E-state index >= 15 is 0 Å². The van der Waals surface area contributed by atoms with Crippen molar-refractivity contribution >= 4 is 5.91 Å². The lowest BCUT2D eigenvalue weighted by Crippen LogP contribution is -2.34. The van der Waals surface area contributed by atoms with Gasteiger partial charge in [-0.3, -0.25) is 4.79 Å². The molecule has 1 aliphatic heterocycles. The van der Waals surface area contributed by atoms with Crippen LogP contribution in [0.25, 0.3) is 0 Å². The van der Waals surface area contributed by atoms with Crippen LogP contribution in [0, 0.1) is 11.8 Å². The van der Waals surface area contributed by atoms with Crippen molar-refractivity contribution in [2.75, 3.05) is 26.8 Å². The molecule has 0 aliphatic carbocycles. The van der Waals surface area contributed by atoms with Crippen LogP contribution in [0.15, 0.2) is 0 Å². The third-order valence-corrected chi connectivity index (χ3v) is 3.40. The summed E-state index contributed by atoms with van der Waals surface area (Å²) in [6.07, 6.45) is 1.37. The highest BCUT2D eigenvalue weighted by atomic mass is 16.5. The van der Waals surface area contributed by atoms with Crippen molar-refractivity contribution in [3.63, 3.8) is 0 Å². The molecule has 1 saturated heterocycles. The zero-order chi connectivity index (χ0) is 12.1. The fourth-order valence-corrected chi connectivity index (χ4v) is 2.11. The fourth-order valence-electron chi connectivity index (χ4n) is 2.11. The summed E-state index contributed by atoms with van der Waals surface area (Å²) in [5, 5.41) is 9.47. The molecule has 0 aromatic heterocycles. The lowest BCUT2D eigenvalue weighted by atomic mass is 10.0. The topological polar surface area (TPSA) is 49.8 Å². The summed E-state index contributed by atoms with van der Waals surface area (Å²) in [5.74, 6) is 0.464. The Hall–Kier alpha value is -0.610. The summed E-state index contributed by atoms with van der Waals surface area (Å²) in [5.41, 5.74) is 0. The monoisotopic (exact) mass is 229 g/mol. The van der Waals surface area contributed by atoms with Gasteiger partial charge in [-0.1, -0.05) is 6.92 Å². The number of likely N-dealkylation sites (tertiary alicyclic amines) is 1.